The molecule has 0 atom stereocenters. The summed E-state index contributed by atoms with van der Waals surface area (Å²) in [5.74, 6) is -1.87. The number of rotatable bonds is 6. The zero-order valence-corrected chi connectivity index (χ0v) is 15.1. The third kappa shape index (κ3) is 5.73. The van der Waals surface area contributed by atoms with Crippen molar-refractivity contribution in [3.05, 3.63) is 59.2 Å². The molecule has 2 rings (SSSR count). The molecular weight excluding hydrogens is 362 g/mol. The number of hydrogen-bond acceptors (Lipinski definition) is 4. The van der Waals surface area contributed by atoms with Gasteiger partial charge in [0.15, 0.2) is 6.61 Å². The van der Waals surface area contributed by atoms with Crippen molar-refractivity contribution < 1.29 is 23.1 Å². The van der Waals surface area contributed by atoms with Crippen molar-refractivity contribution in [2.75, 3.05) is 12.4 Å². The van der Waals surface area contributed by atoms with Crippen LogP contribution in [0.3, 0.4) is 0 Å². The summed E-state index contributed by atoms with van der Waals surface area (Å²) in [6, 6.07) is 8.61. The van der Waals surface area contributed by atoms with Crippen LogP contribution in [0, 0.1) is 25.5 Å². The minimum atomic E-state index is -0.616. The van der Waals surface area contributed by atoms with Gasteiger partial charge in [-0.25, -0.2) is 8.78 Å². The molecule has 0 aliphatic heterocycles. The number of benzene rings is 2. The number of aryl methyl sites for hydroxylation is 2. The SMILES string of the molecule is Cc1cccc(C)c1OCC(=O)NNC(=O)CSc1cc(F)ccc1F. The summed E-state index contributed by atoms with van der Waals surface area (Å²) >= 11 is 0.826. The van der Waals surface area contributed by atoms with E-state index in [1.165, 1.54) is 0 Å². The van der Waals surface area contributed by atoms with Gasteiger partial charge in [-0.2, -0.15) is 0 Å². The van der Waals surface area contributed by atoms with Gasteiger partial charge < -0.3 is 4.74 Å². The highest BCUT2D eigenvalue weighted by molar-refractivity contribution is 8.00. The van der Waals surface area contributed by atoms with Crippen LogP contribution in [0.2, 0.25) is 0 Å². The molecule has 2 amide bonds. The fraction of sp³-hybridized carbons (Fsp3) is 0.222. The minimum absolute atomic E-state index is 0.0184. The number of amides is 2. The first-order valence-electron chi connectivity index (χ1n) is 7.71. The van der Waals surface area contributed by atoms with E-state index in [0.717, 1.165) is 41.1 Å². The lowest BCUT2D eigenvalue weighted by Gasteiger charge is -2.12. The topological polar surface area (TPSA) is 67.4 Å². The third-order valence-electron chi connectivity index (χ3n) is 3.35. The van der Waals surface area contributed by atoms with Gasteiger partial charge in [-0.05, 0) is 43.2 Å². The van der Waals surface area contributed by atoms with E-state index in [4.69, 9.17) is 4.74 Å². The maximum atomic E-state index is 13.5. The van der Waals surface area contributed by atoms with Crippen molar-refractivity contribution in [1.29, 1.82) is 0 Å². The van der Waals surface area contributed by atoms with E-state index in [2.05, 4.69) is 10.9 Å². The molecule has 0 saturated heterocycles. The number of nitrogens with one attached hydrogen (secondary N) is 2. The number of carbonyl (C=O) groups excluding carboxylic acids is 2. The second kappa shape index (κ2) is 9.19. The Labute approximate surface area is 154 Å². The number of hydrazine groups is 1. The molecule has 2 aromatic rings. The second-order valence-electron chi connectivity index (χ2n) is 5.47. The Morgan fingerprint density at radius 1 is 1.04 bits per heavy atom. The number of hydrogen-bond donors (Lipinski definition) is 2. The standard InChI is InChI=1S/C18H18F2N2O3S/c1-11-4-3-5-12(2)18(11)25-9-16(23)21-22-17(24)10-26-15-8-13(19)6-7-14(15)20/h3-8H,9-10H2,1-2H3,(H,21,23)(H,22,24). The molecule has 0 bridgehead atoms. The van der Waals surface area contributed by atoms with Gasteiger partial charge in [0.25, 0.3) is 5.91 Å². The highest BCUT2D eigenvalue weighted by atomic mass is 32.2. The Morgan fingerprint density at radius 2 is 1.69 bits per heavy atom. The summed E-state index contributed by atoms with van der Waals surface area (Å²) < 4.78 is 32.0. The molecular formula is C18H18F2N2O3S. The lowest BCUT2D eigenvalue weighted by atomic mass is 10.1. The molecule has 0 radical (unpaired) electrons. The van der Waals surface area contributed by atoms with E-state index in [0.29, 0.717) is 5.75 Å². The summed E-state index contributed by atoms with van der Waals surface area (Å²) in [6.45, 7) is 3.47. The number of thioether (sulfide) groups is 1. The molecule has 26 heavy (non-hydrogen) atoms. The van der Waals surface area contributed by atoms with Gasteiger partial charge in [-0.3, -0.25) is 20.4 Å². The number of ether oxygens (including phenoxy) is 1. The van der Waals surface area contributed by atoms with Crippen LogP contribution in [0.1, 0.15) is 11.1 Å². The first kappa shape index (κ1) is 19.7. The van der Waals surface area contributed by atoms with E-state index in [-0.39, 0.29) is 17.3 Å². The molecule has 0 heterocycles. The number of carbonyl (C=O) groups is 2. The molecule has 8 heteroatoms. The fourth-order valence-corrected chi connectivity index (χ4v) is 2.87. The van der Waals surface area contributed by atoms with Gasteiger partial charge in [0.2, 0.25) is 5.91 Å². The van der Waals surface area contributed by atoms with Crippen LogP contribution < -0.4 is 15.6 Å². The van der Waals surface area contributed by atoms with Crippen LogP contribution in [0.5, 0.6) is 5.75 Å². The lowest BCUT2D eigenvalue weighted by Crippen LogP contribution is -2.44. The van der Waals surface area contributed by atoms with E-state index in [1.807, 2.05) is 32.0 Å². The van der Waals surface area contributed by atoms with E-state index >= 15 is 0 Å². The van der Waals surface area contributed by atoms with Crippen LogP contribution in [0.15, 0.2) is 41.3 Å². The summed E-state index contributed by atoms with van der Waals surface area (Å²) in [6.07, 6.45) is 0. The van der Waals surface area contributed by atoms with Gasteiger partial charge in [-0.15, -0.1) is 11.8 Å². The average molecular weight is 380 g/mol. The Kier molecular flexibility index (Phi) is 6.97. The maximum absolute atomic E-state index is 13.5. The molecule has 0 unspecified atom stereocenters. The predicted molar refractivity (Wildman–Crippen MR) is 94.8 cm³/mol. The van der Waals surface area contributed by atoms with Crippen LogP contribution in [-0.2, 0) is 9.59 Å². The average Bonchev–Trinajstić information content (AvgIpc) is 2.60. The summed E-state index contributed by atoms with van der Waals surface area (Å²) in [5.41, 5.74) is 6.20. The van der Waals surface area contributed by atoms with Gasteiger partial charge in [-0.1, -0.05) is 18.2 Å². The molecule has 5 nitrogen and oxygen atoms in total. The van der Waals surface area contributed by atoms with E-state index in [1.54, 1.807) is 0 Å². The van der Waals surface area contributed by atoms with Crippen LogP contribution >= 0.6 is 11.8 Å². The summed E-state index contributed by atoms with van der Waals surface area (Å²) in [7, 11) is 0. The highest BCUT2D eigenvalue weighted by Crippen LogP contribution is 2.23. The van der Waals surface area contributed by atoms with Gasteiger partial charge >= 0.3 is 0 Å². The summed E-state index contributed by atoms with van der Waals surface area (Å²) in [5, 5.41) is 0. The molecule has 0 fully saturated rings. The molecule has 0 saturated carbocycles. The molecule has 138 valence electrons. The second-order valence-corrected chi connectivity index (χ2v) is 6.49. The Hall–Kier alpha value is -2.61. The fourth-order valence-electron chi connectivity index (χ4n) is 2.11. The van der Waals surface area contributed by atoms with Crippen molar-refractivity contribution in [1.82, 2.24) is 10.9 Å². The quantitative estimate of drug-likeness (QED) is 0.597. The largest absolute Gasteiger partial charge is 0.483 e. The Morgan fingerprint density at radius 3 is 2.38 bits per heavy atom. The zero-order valence-electron chi connectivity index (χ0n) is 14.3. The smallest absolute Gasteiger partial charge is 0.276 e. The van der Waals surface area contributed by atoms with E-state index in [9.17, 15) is 18.4 Å². The molecule has 2 N–H and O–H groups in total. The van der Waals surface area contributed by atoms with Crippen molar-refractivity contribution in [3.8, 4) is 5.75 Å². The predicted octanol–water partition coefficient (Wildman–Crippen LogP) is 2.90. The van der Waals surface area contributed by atoms with E-state index < -0.39 is 23.4 Å². The maximum Gasteiger partial charge on any atom is 0.276 e. The first-order chi connectivity index (χ1) is 12.4. The van der Waals surface area contributed by atoms with Crippen LogP contribution in [-0.4, -0.2) is 24.2 Å². The Bertz CT molecular complexity index is 795. The minimum Gasteiger partial charge on any atom is -0.483 e. The molecule has 0 spiro atoms. The number of halogens is 2. The third-order valence-corrected chi connectivity index (χ3v) is 4.38. The van der Waals surface area contributed by atoms with Crippen LogP contribution in [0.25, 0.3) is 0 Å². The van der Waals surface area contributed by atoms with Crippen molar-refractivity contribution in [2.24, 2.45) is 0 Å². The van der Waals surface area contributed by atoms with Crippen molar-refractivity contribution in [2.45, 2.75) is 18.7 Å². The van der Waals surface area contributed by atoms with Crippen molar-refractivity contribution in [3.63, 3.8) is 0 Å². The van der Waals surface area contributed by atoms with Gasteiger partial charge in [0, 0.05) is 4.90 Å². The summed E-state index contributed by atoms with van der Waals surface area (Å²) in [4.78, 5) is 23.5. The van der Waals surface area contributed by atoms with Gasteiger partial charge in [0.05, 0.1) is 5.75 Å². The van der Waals surface area contributed by atoms with Crippen LogP contribution in [0.4, 0.5) is 8.78 Å². The lowest BCUT2D eigenvalue weighted by molar-refractivity contribution is -0.128. The molecule has 0 aliphatic rings. The number of para-hydroxylation sites is 1. The molecule has 2 aromatic carbocycles. The normalized spacial score (nSPS) is 10.3. The monoisotopic (exact) mass is 380 g/mol. The highest BCUT2D eigenvalue weighted by Gasteiger charge is 2.10. The first-order valence-corrected chi connectivity index (χ1v) is 8.70. The zero-order chi connectivity index (χ0) is 19.1. The molecule has 0 aliphatic carbocycles. The van der Waals surface area contributed by atoms with Crippen molar-refractivity contribution >= 4 is 23.6 Å². The van der Waals surface area contributed by atoms with Gasteiger partial charge in [0.1, 0.15) is 17.4 Å². The Balaban J connectivity index is 1.75. The molecule has 0 aromatic heterocycles.